The molecular formula is C21H21N3O5S. The lowest BCUT2D eigenvalue weighted by molar-refractivity contribution is 0.0525. The quantitative estimate of drug-likeness (QED) is 0.606. The summed E-state index contributed by atoms with van der Waals surface area (Å²) in [6.07, 6.45) is 2.57. The molecule has 2 aromatic carbocycles. The van der Waals surface area contributed by atoms with Crippen molar-refractivity contribution in [3.05, 3.63) is 71.5 Å². The summed E-state index contributed by atoms with van der Waals surface area (Å²) in [5, 5.41) is 6.99. The summed E-state index contributed by atoms with van der Waals surface area (Å²) in [6.45, 7) is 3.80. The summed E-state index contributed by atoms with van der Waals surface area (Å²) >= 11 is 0. The lowest BCUT2D eigenvalue weighted by Gasteiger charge is -2.09. The number of hydrogen-bond donors (Lipinski definition) is 1. The minimum Gasteiger partial charge on any atom is -0.462 e. The van der Waals surface area contributed by atoms with E-state index in [4.69, 9.17) is 4.74 Å². The fourth-order valence-electron chi connectivity index (χ4n) is 2.82. The van der Waals surface area contributed by atoms with Gasteiger partial charge in [0.15, 0.2) is 9.84 Å². The largest absolute Gasteiger partial charge is 0.462 e. The third kappa shape index (κ3) is 4.57. The maximum Gasteiger partial charge on any atom is 0.341 e. The van der Waals surface area contributed by atoms with Crippen molar-refractivity contribution < 1.29 is 22.7 Å². The Morgan fingerprint density at radius 3 is 2.27 bits per heavy atom. The maximum atomic E-state index is 12.4. The van der Waals surface area contributed by atoms with E-state index in [1.807, 2.05) is 0 Å². The maximum absolute atomic E-state index is 12.4. The highest BCUT2D eigenvalue weighted by Crippen LogP contribution is 2.18. The molecule has 1 aromatic heterocycles. The van der Waals surface area contributed by atoms with Crippen molar-refractivity contribution in [1.82, 2.24) is 9.78 Å². The number of aromatic nitrogens is 2. The summed E-state index contributed by atoms with van der Waals surface area (Å²) < 4.78 is 29.7. The van der Waals surface area contributed by atoms with E-state index >= 15 is 0 Å². The van der Waals surface area contributed by atoms with E-state index < -0.39 is 15.8 Å². The number of hydrogen-bond acceptors (Lipinski definition) is 6. The molecule has 9 heteroatoms. The van der Waals surface area contributed by atoms with E-state index in [-0.39, 0.29) is 17.4 Å². The van der Waals surface area contributed by atoms with Gasteiger partial charge in [-0.25, -0.2) is 17.9 Å². The summed E-state index contributed by atoms with van der Waals surface area (Å²) in [5.41, 5.74) is 2.67. The van der Waals surface area contributed by atoms with Crippen LogP contribution >= 0.6 is 0 Å². The summed E-state index contributed by atoms with van der Waals surface area (Å²) in [7, 11) is -3.31. The molecule has 0 saturated carbocycles. The number of anilines is 1. The first-order valence-electron chi connectivity index (χ1n) is 9.14. The third-order valence-electron chi connectivity index (χ3n) is 4.42. The molecule has 156 valence electrons. The number of rotatable bonds is 6. The Morgan fingerprint density at radius 1 is 1.07 bits per heavy atom. The van der Waals surface area contributed by atoms with Crippen molar-refractivity contribution >= 4 is 27.4 Å². The third-order valence-corrected chi connectivity index (χ3v) is 5.55. The van der Waals surface area contributed by atoms with Gasteiger partial charge in [-0.15, -0.1) is 0 Å². The molecule has 0 aliphatic carbocycles. The monoisotopic (exact) mass is 427 g/mol. The molecule has 0 spiro atoms. The number of carbonyl (C=O) groups excluding carboxylic acids is 2. The average molecular weight is 427 g/mol. The highest BCUT2D eigenvalue weighted by Gasteiger charge is 2.16. The van der Waals surface area contributed by atoms with Crippen LogP contribution in [0.1, 0.15) is 33.3 Å². The number of nitrogens with one attached hydrogen (secondary N) is 1. The van der Waals surface area contributed by atoms with Crippen molar-refractivity contribution in [2.75, 3.05) is 18.2 Å². The van der Waals surface area contributed by atoms with Crippen molar-refractivity contribution in [1.29, 1.82) is 0 Å². The minimum atomic E-state index is -3.31. The van der Waals surface area contributed by atoms with Crippen molar-refractivity contribution in [3.63, 3.8) is 0 Å². The number of nitrogens with zero attached hydrogens (tertiary/aromatic N) is 2. The van der Waals surface area contributed by atoms with E-state index in [9.17, 15) is 18.0 Å². The van der Waals surface area contributed by atoms with E-state index in [0.717, 1.165) is 11.9 Å². The van der Waals surface area contributed by atoms with Crippen LogP contribution < -0.4 is 5.32 Å². The van der Waals surface area contributed by atoms with Crippen molar-refractivity contribution in [2.24, 2.45) is 0 Å². The van der Waals surface area contributed by atoms with Crippen LogP contribution in [0.15, 0.2) is 59.6 Å². The van der Waals surface area contributed by atoms with Crippen LogP contribution in [0, 0.1) is 6.92 Å². The van der Waals surface area contributed by atoms with Gasteiger partial charge < -0.3 is 10.1 Å². The first-order valence-corrected chi connectivity index (χ1v) is 11.0. The van der Waals surface area contributed by atoms with Gasteiger partial charge in [0, 0.05) is 17.5 Å². The average Bonchev–Trinajstić information content (AvgIpc) is 3.09. The van der Waals surface area contributed by atoms with Gasteiger partial charge in [0.2, 0.25) is 0 Å². The van der Waals surface area contributed by atoms with Crippen LogP contribution in [-0.2, 0) is 14.6 Å². The van der Waals surface area contributed by atoms with Crippen molar-refractivity contribution in [3.8, 4) is 5.69 Å². The molecule has 3 aromatic rings. The van der Waals surface area contributed by atoms with Gasteiger partial charge in [-0.2, -0.15) is 5.10 Å². The lowest BCUT2D eigenvalue weighted by atomic mass is 10.2. The van der Waals surface area contributed by atoms with Gasteiger partial charge in [-0.05, 0) is 62.4 Å². The zero-order valence-corrected chi connectivity index (χ0v) is 17.6. The normalized spacial score (nSPS) is 11.2. The van der Waals surface area contributed by atoms with E-state index in [0.29, 0.717) is 22.5 Å². The molecule has 30 heavy (non-hydrogen) atoms. The molecule has 1 heterocycles. The van der Waals surface area contributed by atoms with Gasteiger partial charge in [-0.3, -0.25) is 4.79 Å². The lowest BCUT2D eigenvalue weighted by Crippen LogP contribution is -2.12. The molecule has 8 nitrogen and oxygen atoms in total. The Labute approximate surface area is 174 Å². The van der Waals surface area contributed by atoms with E-state index in [1.165, 1.54) is 30.5 Å². The zero-order valence-electron chi connectivity index (χ0n) is 16.7. The van der Waals surface area contributed by atoms with Gasteiger partial charge in [0.1, 0.15) is 5.56 Å². The molecule has 1 amide bonds. The Morgan fingerprint density at radius 2 is 1.70 bits per heavy atom. The smallest absolute Gasteiger partial charge is 0.341 e. The molecule has 0 saturated heterocycles. The van der Waals surface area contributed by atoms with Gasteiger partial charge >= 0.3 is 5.97 Å². The summed E-state index contributed by atoms with van der Waals surface area (Å²) in [5.74, 6) is -0.783. The van der Waals surface area contributed by atoms with Crippen LogP contribution in [0.25, 0.3) is 5.69 Å². The van der Waals surface area contributed by atoms with Crippen LogP contribution in [0.3, 0.4) is 0 Å². The topological polar surface area (TPSA) is 107 Å². The Bertz CT molecular complexity index is 1180. The molecule has 0 atom stereocenters. The Hall–Kier alpha value is -3.46. The van der Waals surface area contributed by atoms with Crippen LogP contribution in [0.5, 0.6) is 0 Å². The number of amides is 1. The second-order valence-electron chi connectivity index (χ2n) is 6.57. The molecule has 0 radical (unpaired) electrons. The van der Waals surface area contributed by atoms with Crippen LogP contribution in [-0.4, -0.2) is 42.9 Å². The molecule has 0 unspecified atom stereocenters. The number of sulfone groups is 1. The molecule has 3 rings (SSSR count). The highest BCUT2D eigenvalue weighted by atomic mass is 32.2. The van der Waals surface area contributed by atoms with Crippen molar-refractivity contribution in [2.45, 2.75) is 18.7 Å². The molecule has 0 aliphatic rings. The highest BCUT2D eigenvalue weighted by molar-refractivity contribution is 7.90. The molecule has 0 aliphatic heterocycles. The minimum absolute atomic E-state index is 0.153. The van der Waals surface area contributed by atoms with Gasteiger partial charge in [0.05, 0.1) is 29.1 Å². The molecule has 0 bridgehead atoms. The van der Waals surface area contributed by atoms with Crippen LogP contribution in [0.2, 0.25) is 0 Å². The predicted molar refractivity (Wildman–Crippen MR) is 112 cm³/mol. The predicted octanol–water partition coefficient (Wildman–Crippen LogP) is 3.01. The second kappa shape index (κ2) is 8.50. The van der Waals surface area contributed by atoms with Gasteiger partial charge in [0.25, 0.3) is 5.91 Å². The number of esters is 1. The number of carbonyl (C=O) groups is 2. The molecular weight excluding hydrogens is 406 g/mol. The van der Waals surface area contributed by atoms with E-state index in [1.54, 1.807) is 42.8 Å². The molecule has 0 fully saturated rings. The second-order valence-corrected chi connectivity index (χ2v) is 8.59. The SMILES string of the molecule is CCOC(=O)c1cnn(-c2ccc(NC(=O)c3ccc(S(C)(=O)=O)cc3)cc2)c1C. The van der Waals surface area contributed by atoms with E-state index in [2.05, 4.69) is 10.4 Å². The number of benzene rings is 2. The fraction of sp³-hybridized carbons (Fsp3) is 0.190. The van der Waals surface area contributed by atoms with Crippen LogP contribution in [0.4, 0.5) is 5.69 Å². The summed E-state index contributed by atoms with van der Waals surface area (Å²) in [6, 6.07) is 12.7. The Kier molecular flexibility index (Phi) is 6.02. The van der Waals surface area contributed by atoms with Gasteiger partial charge in [-0.1, -0.05) is 0 Å². The first-order chi connectivity index (χ1) is 14.2. The standard InChI is InChI=1S/C21H21N3O5S/c1-4-29-21(26)19-13-22-24(14(19)2)17-9-7-16(8-10-17)23-20(25)15-5-11-18(12-6-15)30(3,27)28/h5-13H,4H2,1-3H3,(H,23,25). The fourth-order valence-corrected chi connectivity index (χ4v) is 3.45. The zero-order chi connectivity index (χ0) is 21.9. The first kappa shape index (κ1) is 21.3. The Balaban J connectivity index is 1.73. The number of ether oxygens (including phenoxy) is 1. The molecule has 1 N–H and O–H groups in total. The summed E-state index contributed by atoms with van der Waals surface area (Å²) in [4.78, 5) is 24.5.